The zero-order chi connectivity index (χ0) is 23.0. The number of Topliss-reactive ketones (excluding diaryl/α,β-unsaturated/α-hetero) is 1. The SMILES string of the molecule is COc1cc(OC2OC(C)C(O)C(O)C2O)c2c(c1OC)OC(c1ccccc1)CC2=O. The summed E-state index contributed by atoms with van der Waals surface area (Å²) in [7, 11) is 2.87. The Bertz CT molecular complexity index is 977. The second kappa shape index (κ2) is 8.95. The summed E-state index contributed by atoms with van der Waals surface area (Å²) in [5, 5.41) is 30.4. The van der Waals surface area contributed by atoms with E-state index in [0.29, 0.717) is 0 Å². The van der Waals surface area contributed by atoms with Crippen molar-refractivity contribution in [3.63, 3.8) is 0 Å². The fourth-order valence-corrected chi connectivity index (χ4v) is 3.95. The molecule has 0 aliphatic carbocycles. The number of hydrogen-bond acceptors (Lipinski definition) is 9. The largest absolute Gasteiger partial charge is 0.493 e. The summed E-state index contributed by atoms with van der Waals surface area (Å²) >= 11 is 0. The Morgan fingerprint density at radius 3 is 2.34 bits per heavy atom. The van der Waals surface area contributed by atoms with E-state index >= 15 is 0 Å². The molecule has 0 aromatic heterocycles. The smallest absolute Gasteiger partial charge is 0.229 e. The highest BCUT2D eigenvalue weighted by Crippen LogP contribution is 2.50. The van der Waals surface area contributed by atoms with E-state index in [0.717, 1.165) is 5.56 Å². The molecule has 2 aromatic carbocycles. The number of ketones is 1. The highest BCUT2D eigenvalue weighted by atomic mass is 16.7. The van der Waals surface area contributed by atoms with Gasteiger partial charge in [-0.25, -0.2) is 0 Å². The molecule has 1 fully saturated rings. The molecule has 0 bridgehead atoms. The minimum atomic E-state index is -1.54. The van der Waals surface area contributed by atoms with Crippen molar-refractivity contribution in [1.29, 1.82) is 0 Å². The van der Waals surface area contributed by atoms with Crippen LogP contribution in [0.4, 0.5) is 0 Å². The van der Waals surface area contributed by atoms with Crippen LogP contribution in [-0.2, 0) is 4.74 Å². The molecule has 2 aromatic rings. The number of methoxy groups -OCH3 is 2. The summed E-state index contributed by atoms with van der Waals surface area (Å²) in [6.07, 6.45) is -6.89. The molecule has 0 radical (unpaired) electrons. The predicted molar refractivity (Wildman–Crippen MR) is 111 cm³/mol. The van der Waals surface area contributed by atoms with Crippen molar-refractivity contribution in [1.82, 2.24) is 0 Å². The number of hydrogen-bond donors (Lipinski definition) is 3. The highest BCUT2D eigenvalue weighted by Gasteiger charge is 2.44. The Labute approximate surface area is 185 Å². The van der Waals surface area contributed by atoms with E-state index in [1.807, 2.05) is 30.3 Å². The van der Waals surface area contributed by atoms with E-state index < -0.39 is 36.8 Å². The average Bonchev–Trinajstić information content (AvgIpc) is 2.80. The van der Waals surface area contributed by atoms with Crippen molar-refractivity contribution >= 4 is 5.78 Å². The van der Waals surface area contributed by atoms with Gasteiger partial charge in [0.15, 0.2) is 17.3 Å². The Morgan fingerprint density at radius 2 is 1.69 bits per heavy atom. The second-order valence-corrected chi connectivity index (χ2v) is 7.76. The van der Waals surface area contributed by atoms with Gasteiger partial charge >= 0.3 is 0 Å². The maximum atomic E-state index is 13.2. The molecule has 2 aliphatic rings. The topological polar surface area (TPSA) is 124 Å². The minimum absolute atomic E-state index is 0.0500. The van der Waals surface area contributed by atoms with Crippen LogP contribution in [0.5, 0.6) is 23.0 Å². The van der Waals surface area contributed by atoms with Gasteiger partial charge in [0.25, 0.3) is 0 Å². The third-order valence-electron chi connectivity index (χ3n) is 5.72. The second-order valence-electron chi connectivity index (χ2n) is 7.76. The summed E-state index contributed by atoms with van der Waals surface area (Å²) in [6.45, 7) is 1.54. The fourth-order valence-electron chi connectivity index (χ4n) is 3.95. The van der Waals surface area contributed by atoms with E-state index in [2.05, 4.69) is 0 Å². The Morgan fingerprint density at radius 1 is 0.969 bits per heavy atom. The Kier molecular flexibility index (Phi) is 6.25. The summed E-state index contributed by atoms with van der Waals surface area (Å²) in [6, 6.07) is 10.8. The predicted octanol–water partition coefficient (Wildman–Crippen LogP) is 1.62. The molecule has 2 heterocycles. The first kappa shape index (κ1) is 22.3. The van der Waals surface area contributed by atoms with E-state index in [4.69, 9.17) is 23.7 Å². The van der Waals surface area contributed by atoms with Crippen molar-refractivity contribution in [2.45, 2.75) is 50.2 Å². The molecule has 0 spiro atoms. The van der Waals surface area contributed by atoms with Gasteiger partial charge in [-0.1, -0.05) is 30.3 Å². The van der Waals surface area contributed by atoms with Crippen LogP contribution < -0.4 is 18.9 Å². The average molecular weight is 446 g/mol. The lowest BCUT2D eigenvalue weighted by Gasteiger charge is -2.39. The van der Waals surface area contributed by atoms with E-state index in [9.17, 15) is 20.1 Å². The molecule has 32 heavy (non-hydrogen) atoms. The maximum absolute atomic E-state index is 13.2. The summed E-state index contributed by atoms with van der Waals surface area (Å²) in [4.78, 5) is 13.2. The van der Waals surface area contributed by atoms with Gasteiger partial charge in [-0.15, -0.1) is 0 Å². The van der Waals surface area contributed by atoms with Gasteiger partial charge in [0.05, 0.1) is 26.7 Å². The number of aliphatic hydroxyl groups is 3. The molecule has 9 nitrogen and oxygen atoms in total. The van der Waals surface area contributed by atoms with Crippen molar-refractivity contribution in [2.24, 2.45) is 0 Å². The lowest BCUT2D eigenvalue weighted by atomic mass is 9.94. The zero-order valence-electron chi connectivity index (χ0n) is 17.9. The van der Waals surface area contributed by atoms with Gasteiger partial charge in [-0.3, -0.25) is 4.79 Å². The monoisotopic (exact) mass is 446 g/mol. The van der Waals surface area contributed by atoms with Crippen molar-refractivity contribution < 1.29 is 43.8 Å². The van der Waals surface area contributed by atoms with Crippen LogP contribution in [0, 0.1) is 0 Å². The van der Waals surface area contributed by atoms with Gasteiger partial charge in [-0.05, 0) is 12.5 Å². The van der Waals surface area contributed by atoms with Crippen molar-refractivity contribution in [2.75, 3.05) is 14.2 Å². The summed E-state index contributed by atoms with van der Waals surface area (Å²) in [5.41, 5.74) is 0.953. The number of ether oxygens (including phenoxy) is 5. The molecular weight excluding hydrogens is 420 g/mol. The molecule has 172 valence electrons. The lowest BCUT2D eigenvalue weighted by molar-refractivity contribution is -0.268. The number of aliphatic hydroxyl groups excluding tert-OH is 3. The minimum Gasteiger partial charge on any atom is -0.493 e. The van der Waals surface area contributed by atoms with E-state index in [-0.39, 0.29) is 40.8 Å². The molecule has 6 unspecified atom stereocenters. The molecule has 1 saturated heterocycles. The fraction of sp³-hybridized carbons (Fsp3) is 0.435. The Balaban J connectivity index is 1.75. The van der Waals surface area contributed by atoms with Crippen LogP contribution in [0.1, 0.15) is 35.4 Å². The van der Waals surface area contributed by atoms with Gasteiger partial charge in [0.2, 0.25) is 12.0 Å². The van der Waals surface area contributed by atoms with Crippen LogP contribution in [0.3, 0.4) is 0 Å². The highest BCUT2D eigenvalue weighted by molar-refractivity contribution is 6.04. The van der Waals surface area contributed by atoms with Crippen LogP contribution in [0.15, 0.2) is 36.4 Å². The lowest BCUT2D eigenvalue weighted by Crippen LogP contribution is -2.58. The van der Waals surface area contributed by atoms with Crippen molar-refractivity contribution in [3.05, 3.63) is 47.5 Å². The van der Waals surface area contributed by atoms with Crippen LogP contribution in [-0.4, -0.2) is 66.0 Å². The number of carbonyl (C=O) groups excluding carboxylic acids is 1. The molecule has 9 heteroatoms. The molecule has 4 rings (SSSR count). The number of benzene rings is 2. The molecule has 6 atom stereocenters. The first-order chi connectivity index (χ1) is 15.3. The third kappa shape index (κ3) is 3.88. The molecule has 0 saturated carbocycles. The van der Waals surface area contributed by atoms with Crippen molar-refractivity contribution in [3.8, 4) is 23.0 Å². The quantitative estimate of drug-likeness (QED) is 0.628. The first-order valence-electron chi connectivity index (χ1n) is 10.3. The Hall–Kier alpha value is -2.85. The standard InChI is InChI=1S/C23H26O9/c1-11-18(25)19(26)20(27)23(30-11)32-15-10-16(28-2)21(29-3)22-17(15)13(24)9-14(31-22)12-7-5-4-6-8-12/h4-8,10-11,14,18-20,23,25-27H,9H2,1-3H3. The summed E-state index contributed by atoms with van der Waals surface area (Å²) < 4.78 is 28.4. The van der Waals surface area contributed by atoms with Gasteiger partial charge in [-0.2, -0.15) is 0 Å². The summed E-state index contributed by atoms with van der Waals surface area (Å²) in [5.74, 6) is 0.439. The molecule has 0 amide bonds. The van der Waals surface area contributed by atoms with Crippen LogP contribution in [0.25, 0.3) is 0 Å². The molecular formula is C23H26O9. The van der Waals surface area contributed by atoms with Gasteiger partial charge in [0, 0.05) is 6.07 Å². The third-order valence-corrected chi connectivity index (χ3v) is 5.72. The van der Waals surface area contributed by atoms with E-state index in [1.165, 1.54) is 20.3 Å². The van der Waals surface area contributed by atoms with Gasteiger partial charge < -0.3 is 39.0 Å². The van der Waals surface area contributed by atoms with Crippen LogP contribution in [0.2, 0.25) is 0 Å². The van der Waals surface area contributed by atoms with E-state index in [1.54, 1.807) is 6.92 Å². The number of carbonyl (C=O) groups is 1. The van der Waals surface area contributed by atoms with Crippen LogP contribution >= 0.6 is 0 Å². The number of rotatable bonds is 5. The molecule has 3 N–H and O–H groups in total. The normalized spacial score (nSPS) is 29.6. The zero-order valence-corrected chi connectivity index (χ0v) is 17.9. The number of fused-ring (bicyclic) bond motifs is 1. The first-order valence-corrected chi connectivity index (χ1v) is 10.3. The molecule has 2 aliphatic heterocycles. The van der Waals surface area contributed by atoms with Gasteiger partial charge in [0.1, 0.15) is 35.7 Å². The maximum Gasteiger partial charge on any atom is 0.229 e.